The van der Waals surface area contributed by atoms with Crippen LogP contribution in [0.25, 0.3) is 0 Å². The van der Waals surface area contributed by atoms with E-state index in [2.05, 4.69) is 67.7 Å². The molecule has 6 nitrogen and oxygen atoms in total. The molecule has 0 atom stereocenters. The summed E-state index contributed by atoms with van der Waals surface area (Å²) in [7, 11) is -3.80. The minimum Gasteiger partial charge on any atom is -0.415 e. The van der Waals surface area contributed by atoms with Gasteiger partial charge in [0.05, 0.1) is 13.2 Å². The molecule has 0 aliphatic heterocycles. The van der Waals surface area contributed by atoms with Crippen molar-refractivity contribution in [2.75, 3.05) is 26.3 Å². The van der Waals surface area contributed by atoms with Crippen LogP contribution in [0.5, 0.6) is 0 Å². The number of esters is 1. The molecule has 28 heavy (non-hydrogen) atoms. The third-order valence-electron chi connectivity index (χ3n) is 6.01. The molecule has 0 fully saturated rings. The summed E-state index contributed by atoms with van der Waals surface area (Å²) in [6, 6.07) is 0. The Kier molecular flexibility index (Phi) is 10.1. The summed E-state index contributed by atoms with van der Waals surface area (Å²) in [6.45, 7) is 25.1. The van der Waals surface area contributed by atoms with Gasteiger partial charge in [0.2, 0.25) is 0 Å². The second-order valence-electron chi connectivity index (χ2n) is 10.3. The lowest BCUT2D eigenvalue weighted by Gasteiger charge is -2.37. The fourth-order valence-electron chi connectivity index (χ4n) is 1.78. The third-order valence-corrected chi connectivity index (χ3v) is 15.1. The van der Waals surface area contributed by atoms with E-state index in [0.717, 1.165) is 0 Å². The van der Waals surface area contributed by atoms with E-state index in [1.165, 1.54) is 4.90 Å². The van der Waals surface area contributed by atoms with E-state index >= 15 is 0 Å². The van der Waals surface area contributed by atoms with Crippen LogP contribution in [0, 0.1) is 0 Å². The molecule has 0 heterocycles. The summed E-state index contributed by atoms with van der Waals surface area (Å²) in [5, 5.41) is 0.198. The van der Waals surface area contributed by atoms with Gasteiger partial charge in [0.25, 0.3) is 0 Å². The highest BCUT2D eigenvalue weighted by molar-refractivity contribution is 6.74. The Morgan fingerprint density at radius 3 is 1.43 bits per heavy atom. The summed E-state index contributed by atoms with van der Waals surface area (Å²) in [6.07, 6.45) is -0.454. The molecule has 0 aromatic carbocycles. The molecular formula is C20H43NO5Si2. The minimum atomic E-state index is -1.90. The van der Waals surface area contributed by atoms with Crippen LogP contribution >= 0.6 is 0 Å². The highest BCUT2D eigenvalue weighted by Crippen LogP contribution is 2.37. The van der Waals surface area contributed by atoms with Gasteiger partial charge in [-0.25, -0.2) is 4.79 Å². The first-order chi connectivity index (χ1) is 12.4. The van der Waals surface area contributed by atoms with Gasteiger partial charge >= 0.3 is 12.1 Å². The Hall–Kier alpha value is -0.706. The van der Waals surface area contributed by atoms with E-state index < -0.39 is 28.7 Å². The first kappa shape index (κ1) is 27.3. The predicted molar refractivity (Wildman–Crippen MR) is 120 cm³/mol. The maximum Gasteiger partial charge on any atom is 0.417 e. The lowest BCUT2D eigenvalue weighted by Crippen LogP contribution is -2.46. The molecule has 0 saturated carbocycles. The molecule has 0 rings (SSSR count). The van der Waals surface area contributed by atoms with E-state index in [4.69, 9.17) is 13.6 Å². The molecule has 166 valence electrons. The number of carbonyl (C=O) groups is 2. The van der Waals surface area contributed by atoms with Gasteiger partial charge in [0.15, 0.2) is 16.6 Å². The second kappa shape index (κ2) is 10.4. The third kappa shape index (κ3) is 8.75. The average molecular weight is 434 g/mol. The molecule has 0 aromatic heterocycles. The van der Waals surface area contributed by atoms with Gasteiger partial charge in [-0.1, -0.05) is 48.5 Å². The van der Waals surface area contributed by atoms with Gasteiger partial charge in [-0.05, 0) is 36.3 Å². The summed E-state index contributed by atoms with van der Waals surface area (Å²) in [4.78, 5) is 25.5. The lowest BCUT2D eigenvalue weighted by molar-refractivity contribution is -0.138. The molecule has 8 heteroatoms. The van der Waals surface area contributed by atoms with E-state index in [1.807, 2.05) is 0 Å². The van der Waals surface area contributed by atoms with Gasteiger partial charge in [0.1, 0.15) is 0 Å². The quantitative estimate of drug-likeness (QED) is 0.276. The maximum absolute atomic E-state index is 12.4. The van der Waals surface area contributed by atoms with Crippen molar-refractivity contribution < 1.29 is 23.2 Å². The SMILES string of the molecule is CCC(=O)OC(=O)N(CCO[Si](C)(C)C(C)(C)C)CCO[Si](C)(C)C(C)(C)C. The molecule has 0 spiro atoms. The predicted octanol–water partition coefficient (Wildman–Crippen LogP) is 5.41. The van der Waals surface area contributed by atoms with Crippen LogP contribution in [0.3, 0.4) is 0 Å². The topological polar surface area (TPSA) is 65.1 Å². The van der Waals surface area contributed by atoms with Crippen LogP contribution in [0.4, 0.5) is 4.79 Å². The fraction of sp³-hybridized carbons (Fsp3) is 0.900. The van der Waals surface area contributed by atoms with Crippen molar-refractivity contribution in [1.82, 2.24) is 4.90 Å². The summed E-state index contributed by atoms with van der Waals surface area (Å²) in [5.41, 5.74) is 0. The Balaban J connectivity index is 4.94. The molecule has 0 bridgehead atoms. The molecule has 0 aromatic rings. The number of hydrogen-bond acceptors (Lipinski definition) is 5. The van der Waals surface area contributed by atoms with Gasteiger partial charge in [0, 0.05) is 19.5 Å². The molecule has 0 radical (unpaired) electrons. The standard InChI is InChI=1S/C20H43NO5Si2/c1-12-17(22)26-18(23)21(13-15-24-27(8,9)19(2,3)4)14-16-25-28(10,11)20(5,6)7/h12-16H2,1-11H3. The van der Waals surface area contributed by atoms with Crippen molar-refractivity contribution in [1.29, 1.82) is 0 Å². The van der Waals surface area contributed by atoms with Crippen LogP contribution in [-0.2, 0) is 18.4 Å². The van der Waals surface area contributed by atoms with E-state index in [-0.39, 0.29) is 16.5 Å². The van der Waals surface area contributed by atoms with Crippen molar-refractivity contribution >= 4 is 28.7 Å². The first-order valence-electron chi connectivity index (χ1n) is 10.2. The monoisotopic (exact) mass is 433 g/mol. The fourth-order valence-corrected chi connectivity index (χ4v) is 3.85. The van der Waals surface area contributed by atoms with Crippen molar-refractivity contribution in [3.63, 3.8) is 0 Å². The van der Waals surface area contributed by atoms with Crippen molar-refractivity contribution in [2.45, 2.75) is 91.2 Å². The molecule has 0 unspecified atom stereocenters. The highest BCUT2D eigenvalue weighted by atomic mass is 28.4. The smallest absolute Gasteiger partial charge is 0.415 e. The van der Waals surface area contributed by atoms with Crippen LogP contribution in [0.15, 0.2) is 0 Å². The average Bonchev–Trinajstić information content (AvgIpc) is 2.50. The van der Waals surface area contributed by atoms with Gasteiger partial charge in [-0.15, -0.1) is 0 Å². The highest BCUT2D eigenvalue weighted by Gasteiger charge is 2.38. The number of rotatable bonds is 9. The molecule has 1 amide bonds. The Morgan fingerprint density at radius 1 is 0.786 bits per heavy atom. The zero-order valence-corrected chi connectivity index (χ0v) is 22.0. The van der Waals surface area contributed by atoms with Crippen LogP contribution in [-0.4, -0.2) is 59.9 Å². The van der Waals surface area contributed by atoms with Gasteiger partial charge < -0.3 is 18.5 Å². The second-order valence-corrected chi connectivity index (χ2v) is 19.9. The number of hydrogen-bond donors (Lipinski definition) is 0. The van der Waals surface area contributed by atoms with Crippen LogP contribution in [0.2, 0.25) is 36.3 Å². The van der Waals surface area contributed by atoms with Crippen LogP contribution in [0.1, 0.15) is 54.9 Å². The zero-order chi connectivity index (χ0) is 22.4. The van der Waals surface area contributed by atoms with E-state index in [9.17, 15) is 9.59 Å². The molecule has 0 aliphatic rings. The lowest BCUT2D eigenvalue weighted by atomic mass is 10.2. The van der Waals surface area contributed by atoms with Gasteiger partial charge in [-0.2, -0.15) is 0 Å². The molecule has 0 aliphatic carbocycles. The van der Waals surface area contributed by atoms with Gasteiger partial charge in [-0.3, -0.25) is 4.79 Å². The van der Waals surface area contributed by atoms with E-state index in [1.54, 1.807) is 6.92 Å². The zero-order valence-electron chi connectivity index (χ0n) is 20.0. The maximum atomic E-state index is 12.4. The van der Waals surface area contributed by atoms with Crippen molar-refractivity contribution in [3.05, 3.63) is 0 Å². The van der Waals surface area contributed by atoms with Crippen molar-refractivity contribution in [3.8, 4) is 0 Å². The Labute approximate surface area is 174 Å². The largest absolute Gasteiger partial charge is 0.417 e. The normalized spacial score (nSPS) is 13.4. The number of amides is 1. The summed E-state index contributed by atoms with van der Waals surface area (Å²) >= 11 is 0. The van der Waals surface area contributed by atoms with Crippen LogP contribution < -0.4 is 0 Å². The first-order valence-corrected chi connectivity index (χ1v) is 16.0. The molecule has 0 N–H and O–H groups in total. The van der Waals surface area contributed by atoms with Crippen molar-refractivity contribution in [2.24, 2.45) is 0 Å². The Bertz CT molecular complexity index is 490. The number of nitrogens with zero attached hydrogens (tertiary/aromatic N) is 1. The minimum absolute atomic E-state index is 0.0992. The Morgan fingerprint density at radius 2 is 1.14 bits per heavy atom. The number of carbonyl (C=O) groups excluding carboxylic acids is 2. The molecular weight excluding hydrogens is 390 g/mol. The number of ether oxygens (including phenoxy) is 1. The molecule has 0 saturated heterocycles. The summed E-state index contributed by atoms with van der Waals surface area (Å²) in [5.74, 6) is -0.523. The summed E-state index contributed by atoms with van der Waals surface area (Å²) < 4.78 is 17.3. The van der Waals surface area contributed by atoms with E-state index in [0.29, 0.717) is 26.3 Å².